The van der Waals surface area contributed by atoms with Gasteiger partial charge in [0.05, 0.1) is 11.2 Å². The highest BCUT2D eigenvalue weighted by Crippen LogP contribution is 2.27. The van der Waals surface area contributed by atoms with Gasteiger partial charge in [-0.3, -0.25) is 0 Å². The molecule has 1 fully saturated rings. The largest absolute Gasteiger partial charge is 0.336 e. The number of para-hydroxylation sites is 1. The molecule has 2 aromatic carbocycles. The zero-order chi connectivity index (χ0) is 15.6. The first-order valence-electron chi connectivity index (χ1n) is 7.78. The Labute approximate surface area is 134 Å². The van der Waals surface area contributed by atoms with Crippen molar-refractivity contribution < 1.29 is 4.79 Å². The summed E-state index contributed by atoms with van der Waals surface area (Å²) in [4.78, 5) is 18.6. The Bertz CT molecular complexity index is 861. The maximum atomic E-state index is 11.9. The number of nitrogens with zero attached hydrogens (tertiary/aromatic N) is 2. The number of pyridine rings is 1. The molecule has 0 bridgehead atoms. The molecule has 3 aromatic rings. The zero-order valence-electron chi connectivity index (χ0n) is 12.7. The number of nitrogens with one attached hydrogen (secondary N) is 1. The molecule has 4 nitrogen and oxygen atoms in total. The number of benzene rings is 2. The van der Waals surface area contributed by atoms with E-state index in [2.05, 4.69) is 29.6 Å². The van der Waals surface area contributed by atoms with Crippen LogP contribution in [-0.4, -0.2) is 29.0 Å². The fourth-order valence-electron chi connectivity index (χ4n) is 2.99. The van der Waals surface area contributed by atoms with Crippen molar-refractivity contribution in [3.05, 3.63) is 66.2 Å². The van der Waals surface area contributed by atoms with Crippen LogP contribution in [0.15, 0.2) is 60.7 Å². The maximum Gasteiger partial charge on any atom is 0.317 e. The molecule has 0 unspecified atom stereocenters. The molecule has 0 atom stereocenters. The van der Waals surface area contributed by atoms with Gasteiger partial charge < -0.3 is 10.2 Å². The highest BCUT2D eigenvalue weighted by atomic mass is 16.2. The van der Waals surface area contributed by atoms with Crippen LogP contribution in [-0.2, 0) is 6.54 Å². The smallest absolute Gasteiger partial charge is 0.317 e. The van der Waals surface area contributed by atoms with E-state index in [0.717, 1.165) is 34.3 Å². The maximum absolute atomic E-state index is 11.9. The van der Waals surface area contributed by atoms with E-state index in [1.165, 1.54) is 0 Å². The van der Waals surface area contributed by atoms with Crippen molar-refractivity contribution in [1.29, 1.82) is 0 Å². The van der Waals surface area contributed by atoms with E-state index in [1.54, 1.807) is 0 Å². The number of amides is 2. The van der Waals surface area contributed by atoms with Gasteiger partial charge in [0.15, 0.2) is 0 Å². The summed E-state index contributed by atoms with van der Waals surface area (Å²) in [5.74, 6) is 0. The highest BCUT2D eigenvalue weighted by Gasteiger charge is 2.21. The summed E-state index contributed by atoms with van der Waals surface area (Å²) in [7, 11) is 0. The first-order valence-corrected chi connectivity index (χ1v) is 7.78. The molecule has 4 heteroatoms. The summed E-state index contributed by atoms with van der Waals surface area (Å²) in [6.07, 6.45) is 0. The van der Waals surface area contributed by atoms with E-state index in [4.69, 9.17) is 4.98 Å². The molecule has 2 amide bonds. The lowest BCUT2D eigenvalue weighted by molar-refractivity contribution is 0.215. The number of urea groups is 1. The summed E-state index contributed by atoms with van der Waals surface area (Å²) in [6.45, 7) is 2.02. The van der Waals surface area contributed by atoms with Crippen molar-refractivity contribution >= 4 is 16.9 Å². The summed E-state index contributed by atoms with van der Waals surface area (Å²) in [5, 5.41) is 3.95. The lowest BCUT2D eigenvalue weighted by atomic mass is 10.0. The Morgan fingerprint density at radius 3 is 2.61 bits per heavy atom. The fraction of sp³-hybridized carbons (Fsp3) is 0.158. The minimum absolute atomic E-state index is 0.00262. The molecule has 23 heavy (non-hydrogen) atoms. The summed E-state index contributed by atoms with van der Waals surface area (Å²) >= 11 is 0. The van der Waals surface area contributed by atoms with E-state index in [0.29, 0.717) is 13.1 Å². The Hall–Kier alpha value is -2.88. The molecule has 0 aliphatic carbocycles. The molecule has 0 spiro atoms. The molecule has 0 saturated carbocycles. The SMILES string of the molecule is O=C1NCCN1Cc1cc2ccccc2nc1-c1ccccc1. The third kappa shape index (κ3) is 2.63. The van der Waals surface area contributed by atoms with Gasteiger partial charge in [0, 0.05) is 30.6 Å². The Kier molecular flexibility index (Phi) is 3.42. The van der Waals surface area contributed by atoms with Crippen molar-refractivity contribution in [3.63, 3.8) is 0 Å². The predicted molar refractivity (Wildman–Crippen MR) is 91.0 cm³/mol. The average molecular weight is 303 g/mol. The molecule has 1 N–H and O–H groups in total. The minimum Gasteiger partial charge on any atom is -0.336 e. The van der Waals surface area contributed by atoms with E-state index >= 15 is 0 Å². The molecule has 2 heterocycles. The van der Waals surface area contributed by atoms with Crippen LogP contribution in [0.4, 0.5) is 4.79 Å². The van der Waals surface area contributed by atoms with Crippen LogP contribution < -0.4 is 5.32 Å². The van der Waals surface area contributed by atoms with Crippen LogP contribution in [0, 0.1) is 0 Å². The number of carbonyl (C=O) groups excluding carboxylic acids is 1. The van der Waals surface area contributed by atoms with Gasteiger partial charge in [-0.05, 0) is 17.7 Å². The third-order valence-corrected chi connectivity index (χ3v) is 4.16. The molecule has 4 rings (SSSR count). The number of aromatic nitrogens is 1. The number of fused-ring (bicyclic) bond motifs is 1. The van der Waals surface area contributed by atoms with Crippen molar-refractivity contribution in [2.24, 2.45) is 0 Å². The van der Waals surface area contributed by atoms with Gasteiger partial charge in [0.2, 0.25) is 0 Å². The normalized spacial score (nSPS) is 14.3. The van der Waals surface area contributed by atoms with Gasteiger partial charge in [0.1, 0.15) is 0 Å². The molecule has 1 saturated heterocycles. The third-order valence-electron chi connectivity index (χ3n) is 4.16. The van der Waals surface area contributed by atoms with Gasteiger partial charge in [0.25, 0.3) is 0 Å². The minimum atomic E-state index is -0.00262. The molecular weight excluding hydrogens is 286 g/mol. The van der Waals surface area contributed by atoms with Gasteiger partial charge in [-0.2, -0.15) is 0 Å². The van der Waals surface area contributed by atoms with E-state index in [1.807, 2.05) is 41.3 Å². The van der Waals surface area contributed by atoms with E-state index in [-0.39, 0.29) is 6.03 Å². The number of carbonyl (C=O) groups is 1. The molecule has 0 radical (unpaired) electrons. The van der Waals surface area contributed by atoms with Crippen LogP contribution in [0.25, 0.3) is 22.2 Å². The zero-order valence-corrected chi connectivity index (χ0v) is 12.7. The Morgan fingerprint density at radius 1 is 1.04 bits per heavy atom. The Morgan fingerprint density at radius 2 is 1.83 bits per heavy atom. The van der Waals surface area contributed by atoms with Crippen molar-refractivity contribution in [2.75, 3.05) is 13.1 Å². The molecular formula is C19H17N3O. The molecule has 1 aliphatic heterocycles. The summed E-state index contributed by atoms with van der Waals surface area (Å²) in [6, 6.07) is 20.4. The van der Waals surface area contributed by atoms with Crippen molar-refractivity contribution in [1.82, 2.24) is 15.2 Å². The second-order valence-corrected chi connectivity index (χ2v) is 5.71. The predicted octanol–water partition coefficient (Wildman–Crippen LogP) is 3.43. The van der Waals surface area contributed by atoms with Gasteiger partial charge in [-0.1, -0.05) is 48.5 Å². The topological polar surface area (TPSA) is 45.2 Å². The second-order valence-electron chi connectivity index (χ2n) is 5.71. The highest BCUT2D eigenvalue weighted by molar-refractivity contribution is 5.84. The standard InChI is InChI=1S/C19H17N3O/c23-19-20-10-11-22(19)13-16-12-15-8-4-5-9-17(15)21-18(16)14-6-2-1-3-7-14/h1-9,12H,10-11,13H2,(H,20,23). The van der Waals surface area contributed by atoms with Crippen LogP contribution in [0.3, 0.4) is 0 Å². The number of hydrogen-bond donors (Lipinski definition) is 1. The summed E-state index contributed by atoms with van der Waals surface area (Å²) in [5.41, 5.74) is 4.07. The van der Waals surface area contributed by atoms with E-state index in [9.17, 15) is 4.79 Å². The lowest BCUT2D eigenvalue weighted by Gasteiger charge is -2.17. The monoisotopic (exact) mass is 303 g/mol. The van der Waals surface area contributed by atoms with Crippen LogP contribution in [0.5, 0.6) is 0 Å². The van der Waals surface area contributed by atoms with Gasteiger partial charge >= 0.3 is 6.03 Å². The first kappa shape index (κ1) is 13.8. The van der Waals surface area contributed by atoms with Crippen molar-refractivity contribution in [2.45, 2.75) is 6.54 Å². The van der Waals surface area contributed by atoms with Crippen LogP contribution >= 0.6 is 0 Å². The molecule has 1 aromatic heterocycles. The average Bonchev–Trinajstić information content (AvgIpc) is 3.00. The lowest BCUT2D eigenvalue weighted by Crippen LogP contribution is -2.27. The van der Waals surface area contributed by atoms with E-state index < -0.39 is 0 Å². The first-order chi connectivity index (χ1) is 11.3. The van der Waals surface area contributed by atoms with Crippen LogP contribution in [0.1, 0.15) is 5.56 Å². The molecule has 1 aliphatic rings. The fourth-order valence-corrected chi connectivity index (χ4v) is 2.99. The van der Waals surface area contributed by atoms with Crippen LogP contribution in [0.2, 0.25) is 0 Å². The van der Waals surface area contributed by atoms with Gasteiger partial charge in [-0.25, -0.2) is 9.78 Å². The number of rotatable bonds is 3. The molecule has 114 valence electrons. The van der Waals surface area contributed by atoms with Gasteiger partial charge in [-0.15, -0.1) is 0 Å². The summed E-state index contributed by atoms with van der Waals surface area (Å²) < 4.78 is 0. The number of hydrogen-bond acceptors (Lipinski definition) is 2. The quantitative estimate of drug-likeness (QED) is 0.805. The Balaban J connectivity index is 1.84. The van der Waals surface area contributed by atoms with Crippen molar-refractivity contribution in [3.8, 4) is 11.3 Å². The second kappa shape index (κ2) is 5.72.